The van der Waals surface area contributed by atoms with E-state index in [1.807, 2.05) is 0 Å². The van der Waals surface area contributed by atoms with Gasteiger partial charge in [-0.2, -0.15) is 0 Å². The lowest BCUT2D eigenvalue weighted by Gasteiger charge is -2.24. The van der Waals surface area contributed by atoms with Gasteiger partial charge in [0.25, 0.3) is 0 Å². The molecule has 0 aromatic heterocycles. The van der Waals surface area contributed by atoms with E-state index in [9.17, 15) is 13.2 Å². The Morgan fingerprint density at radius 3 is 2.73 bits per heavy atom. The highest BCUT2D eigenvalue weighted by Gasteiger charge is 2.30. The lowest BCUT2D eigenvalue weighted by Crippen LogP contribution is -2.43. The molecule has 1 heterocycles. The minimum absolute atomic E-state index is 0.256. The number of halogens is 3. The monoisotopic (exact) mass is 374 g/mol. The summed E-state index contributed by atoms with van der Waals surface area (Å²) in [6.07, 6.45) is -2.44. The van der Waals surface area contributed by atoms with Crippen molar-refractivity contribution in [1.82, 2.24) is 10.2 Å². The molecular formula is C17H25F3N4O2. The minimum Gasteiger partial charge on any atom is -0.406 e. The van der Waals surface area contributed by atoms with Crippen molar-refractivity contribution in [2.75, 3.05) is 33.4 Å². The van der Waals surface area contributed by atoms with Crippen molar-refractivity contribution in [2.24, 2.45) is 10.7 Å². The van der Waals surface area contributed by atoms with E-state index in [-0.39, 0.29) is 12.3 Å². The van der Waals surface area contributed by atoms with Crippen molar-refractivity contribution in [3.63, 3.8) is 0 Å². The molecule has 0 amide bonds. The van der Waals surface area contributed by atoms with Gasteiger partial charge in [-0.05, 0) is 37.1 Å². The summed E-state index contributed by atoms with van der Waals surface area (Å²) in [5, 5.41) is 3.12. The normalized spacial score (nSPS) is 18.9. The number of nitrogens with two attached hydrogens (primary N) is 1. The number of hydrogen-bond donors (Lipinski definition) is 2. The van der Waals surface area contributed by atoms with Crippen LogP contribution < -0.4 is 15.8 Å². The number of guanidine groups is 1. The standard InChI is InChI=1S/C17H25F3N4O2/c1-25-10-9-24-8-2-3-14(24)12-23-16(21)22-11-13-4-6-15(7-5-13)26-17(18,19)20/h4-7,14H,2-3,8-12H2,1H3,(H3,21,22,23). The molecule has 1 aliphatic rings. The number of rotatable bonds is 8. The SMILES string of the molecule is COCCN1CCCC1CNC(N)=NCc1ccc(OC(F)(F)F)cc1. The summed E-state index contributed by atoms with van der Waals surface area (Å²) in [7, 11) is 1.69. The average molecular weight is 374 g/mol. The number of hydrogen-bond acceptors (Lipinski definition) is 4. The maximum Gasteiger partial charge on any atom is 0.573 e. The molecule has 1 atom stereocenters. The molecule has 2 rings (SSSR count). The molecule has 9 heteroatoms. The molecule has 1 unspecified atom stereocenters. The maximum absolute atomic E-state index is 12.1. The molecular weight excluding hydrogens is 349 g/mol. The van der Waals surface area contributed by atoms with Gasteiger partial charge in [0.2, 0.25) is 0 Å². The van der Waals surface area contributed by atoms with E-state index in [1.54, 1.807) is 7.11 Å². The first-order chi connectivity index (χ1) is 12.4. The van der Waals surface area contributed by atoms with Gasteiger partial charge >= 0.3 is 6.36 Å². The zero-order valence-electron chi connectivity index (χ0n) is 14.8. The van der Waals surface area contributed by atoms with Crippen molar-refractivity contribution >= 4 is 5.96 Å². The fraction of sp³-hybridized carbons (Fsp3) is 0.588. The number of benzene rings is 1. The van der Waals surface area contributed by atoms with Crippen LogP contribution in [0, 0.1) is 0 Å². The Morgan fingerprint density at radius 1 is 1.35 bits per heavy atom. The van der Waals surface area contributed by atoms with Gasteiger partial charge < -0.3 is 20.5 Å². The number of methoxy groups -OCH3 is 1. The molecule has 0 aliphatic carbocycles. The van der Waals surface area contributed by atoms with E-state index in [4.69, 9.17) is 10.5 Å². The Bertz CT molecular complexity index is 578. The molecule has 0 bridgehead atoms. The molecule has 1 aromatic rings. The molecule has 1 aromatic carbocycles. The first-order valence-corrected chi connectivity index (χ1v) is 8.49. The molecule has 146 valence electrons. The van der Waals surface area contributed by atoms with Crippen LogP contribution in [0.15, 0.2) is 29.3 Å². The molecule has 0 saturated carbocycles. The second-order valence-electron chi connectivity index (χ2n) is 6.10. The van der Waals surface area contributed by atoms with Crippen LogP contribution in [0.25, 0.3) is 0 Å². The van der Waals surface area contributed by atoms with Gasteiger partial charge in [0.15, 0.2) is 5.96 Å². The number of ether oxygens (including phenoxy) is 2. The number of nitrogens with one attached hydrogen (secondary N) is 1. The highest BCUT2D eigenvalue weighted by Crippen LogP contribution is 2.22. The predicted molar refractivity (Wildman–Crippen MR) is 92.9 cm³/mol. The largest absolute Gasteiger partial charge is 0.573 e. The van der Waals surface area contributed by atoms with Crippen molar-refractivity contribution in [2.45, 2.75) is 31.8 Å². The number of aliphatic imine (C=N–C) groups is 1. The molecule has 6 nitrogen and oxygen atoms in total. The van der Waals surface area contributed by atoms with Crippen LogP contribution in [0.4, 0.5) is 13.2 Å². The Kier molecular flexibility index (Phi) is 7.52. The van der Waals surface area contributed by atoms with Gasteiger partial charge in [-0.1, -0.05) is 12.1 Å². The summed E-state index contributed by atoms with van der Waals surface area (Å²) in [6, 6.07) is 5.98. The molecule has 1 saturated heterocycles. The van der Waals surface area contributed by atoms with Crippen molar-refractivity contribution in [1.29, 1.82) is 0 Å². The number of alkyl halides is 3. The van der Waals surface area contributed by atoms with E-state index in [1.165, 1.54) is 24.3 Å². The fourth-order valence-corrected chi connectivity index (χ4v) is 2.88. The summed E-state index contributed by atoms with van der Waals surface area (Å²) >= 11 is 0. The summed E-state index contributed by atoms with van der Waals surface area (Å²) < 4.78 is 45.3. The van der Waals surface area contributed by atoms with Gasteiger partial charge in [0.05, 0.1) is 13.2 Å². The van der Waals surface area contributed by atoms with E-state index in [0.717, 1.165) is 31.5 Å². The second kappa shape index (κ2) is 9.63. The molecule has 3 N–H and O–H groups in total. The highest BCUT2D eigenvalue weighted by molar-refractivity contribution is 5.77. The van der Waals surface area contributed by atoms with Gasteiger partial charge in [0, 0.05) is 26.2 Å². The highest BCUT2D eigenvalue weighted by atomic mass is 19.4. The molecule has 0 spiro atoms. The topological polar surface area (TPSA) is 72.1 Å². The van der Waals surface area contributed by atoms with E-state index in [2.05, 4.69) is 19.9 Å². The van der Waals surface area contributed by atoms with Crippen LogP contribution in [0.5, 0.6) is 5.75 Å². The lowest BCUT2D eigenvalue weighted by atomic mass is 10.2. The molecule has 26 heavy (non-hydrogen) atoms. The van der Waals surface area contributed by atoms with Crippen molar-refractivity contribution < 1.29 is 22.6 Å². The third kappa shape index (κ3) is 7.09. The summed E-state index contributed by atoms with van der Waals surface area (Å²) in [5.74, 6) is 0.0629. The van der Waals surface area contributed by atoms with Gasteiger partial charge in [-0.25, -0.2) is 4.99 Å². The van der Waals surface area contributed by atoms with Crippen LogP contribution in [0.1, 0.15) is 18.4 Å². The minimum atomic E-state index is -4.69. The number of nitrogens with zero attached hydrogens (tertiary/aromatic N) is 2. The quantitative estimate of drug-likeness (QED) is 0.539. The van der Waals surface area contributed by atoms with Crippen LogP contribution in [0.2, 0.25) is 0 Å². The lowest BCUT2D eigenvalue weighted by molar-refractivity contribution is -0.274. The summed E-state index contributed by atoms with van der Waals surface area (Å²) in [5.41, 5.74) is 6.62. The third-order valence-corrected chi connectivity index (χ3v) is 4.19. The summed E-state index contributed by atoms with van der Waals surface area (Å²) in [4.78, 5) is 6.59. The van der Waals surface area contributed by atoms with Gasteiger partial charge in [0.1, 0.15) is 5.75 Å². The average Bonchev–Trinajstić information content (AvgIpc) is 3.03. The van der Waals surface area contributed by atoms with Crippen LogP contribution in [-0.2, 0) is 11.3 Å². The fourth-order valence-electron chi connectivity index (χ4n) is 2.88. The third-order valence-electron chi connectivity index (χ3n) is 4.19. The molecule has 1 fully saturated rings. The Labute approximate surface area is 151 Å². The zero-order chi connectivity index (χ0) is 19.0. The zero-order valence-corrected chi connectivity index (χ0v) is 14.8. The predicted octanol–water partition coefficient (Wildman–Crippen LogP) is 2.10. The van der Waals surface area contributed by atoms with Crippen LogP contribution in [0.3, 0.4) is 0 Å². The Hall–Kier alpha value is -2.00. The van der Waals surface area contributed by atoms with Gasteiger partial charge in [-0.3, -0.25) is 4.90 Å². The van der Waals surface area contributed by atoms with Crippen molar-refractivity contribution in [3.8, 4) is 5.75 Å². The van der Waals surface area contributed by atoms with Crippen LogP contribution in [-0.4, -0.2) is 56.6 Å². The maximum atomic E-state index is 12.1. The van der Waals surface area contributed by atoms with E-state index < -0.39 is 6.36 Å². The number of likely N-dealkylation sites (tertiary alicyclic amines) is 1. The van der Waals surface area contributed by atoms with E-state index >= 15 is 0 Å². The van der Waals surface area contributed by atoms with Crippen molar-refractivity contribution in [3.05, 3.63) is 29.8 Å². The first kappa shape index (κ1) is 20.3. The Balaban J connectivity index is 1.77. The second-order valence-corrected chi connectivity index (χ2v) is 6.10. The van der Waals surface area contributed by atoms with Crippen LogP contribution >= 0.6 is 0 Å². The van der Waals surface area contributed by atoms with Gasteiger partial charge in [-0.15, -0.1) is 13.2 Å². The van der Waals surface area contributed by atoms with E-state index in [0.29, 0.717) is 25.2 Å². The summed E-state index contributed by atoms with van der Waals surface area (Å²) in [6.45, 7) is 3.64. The first-order valence-electron chi connectivity index (χ1n) is 8.49. The Morgan fingerprint density at radius 2 is 2.08 bits per heavy atom. The smallest absolute Gasteiger partial charge is 0.406 e. The molecule has 0 radical (unpaired) electrons. The molecule has 1 aliphatic heterocycles.